The number of benzene rings is 4. The van der Waals surface area contributed by atoms with Crippen molar-refractivity contribution in [2.45, 2.75) is 57.8 Å². The zero-order valence-electron chi connectivity index (χ0n) is 28.0. The topological polar surface area (TPSA) is 70.7 Å². The van der Waals surface area contributed by atoms with Crippen LogP contribution in [0.25, 0.3) is 0 Å². The molecule has 3 aliphatic rings. The molecule has 6 nitrogen and oxygen atoms in total. The van der Waals surface area contributed by atoms with Crippen molar-refractivity contribution in [3.05, 3.63) is 131 Å². The Bertz CT molecular complexity index is 1870. The molecule has 7 rings (SSSR count). The molecule has 0 saturated heterocycles. The predicted molar refractivity (Wildman–Crippen MR) is 189 cm³/mol. The van der Waals surface area contributed by atoms with Crippen molar-refractivity contribution in [2.24, 2.45) is 23.7 Å². The molecule has 2 amide bonds. The van der Waals surface area contributed by atoms with E-state index in [4.69, 9.17) is 4.74 Å². The molecule has 4 aromatic rings. The van der Waals surface area contributed by atoms with Gasteiger partial charge in [-0.3, -0.25) is 9.59 Å². The number of carbonyl (C=O) groups excluding carboxylic acids is 2. The first-order valence-corrected chi connectivity index (χ1v) is 17.4. The van der Waals surface area contributed by atoms with Crippen molar-refractivity contribution in [1.82, 2.24) is 0 Å². The number of nitrogens with zero attached hydrogens (tertiary/aromatic N) is 1. The van der Waals surface area contributed by atoms with Crippen LogP contribution < -0.4 is 20.3 Å². The number of hydrogen-bond donors (Lipinski definition) is 2. The molecule has 2 N–H and O–H groups in total. The summed E-state index contributed by atoms with van der Waals surface area (Å²) in [7, 11) is 0. The van der Waals surface area contributed by atoms with Gasteiger partial charge in [0.15, 0.2) is 0 Å². The molecule has 3 fully saturated rings. The smallest absolute Gasteiger partial charge is 0.421 e. The Morgan fingerprint density at radius 3 is 2.10 bits per heavy atom. The second-order valence-electron chi connectivity index (χ2n) is 13.9. The highest BCUT2D eigenvalue weighted by atomic mass is 19.4. The third-order valence-electron chi connectivity index (χ3n) is 10.2. The molecule has 0 heterocycles. The van der Waals surface area contributed by atoms with Crippen LogP contribution in [0.4, 0.5) is 34.6 Å². The quantitative estimate of drug-likeness (QED) is 0.114. The third kappa shape index (κ3) is 8.11. The molecule has 2 bridgehead atoms. The van der Waals surface area contributed by atoms with E-state index in [0.717, 1.165) is 49.3 Å². The molecular formula is C41H39F4N3O3. The number of fused-ring (bicyclic) bond motifs is 2. The van der Waals surface area contributed by atoms with Crippen molar-refractivity contribution in [1.29, 1.82) is 0 Å². The van der Waals surface area contributed by atoms with Crippen LogP contribution in [-0.4, -0.2) is 11.8 Å². The lowest BCUT2D eigenvalue weighted by molar-refractivity contribution is -0.139. The fourth-order valence-electron chi connectivity index (χ4n) is 7.41. The van der Waals surface area contributed by atoms with E-state index in [1.54, 1.807) is 18.2 Å². The average Bonchev–Trinajstić information content (AvgIpc) is 3.68. The van der Waals surface area contributed by atoms with Gasteiger partial charge in [0.25, 0.3) is 5.91 Å². The van der Waals surface area contributed by atoms with Gasteiger partial charge in [0, 0.05) is 24.7 Å². The maximum absolute atomic E-state index is 15.0. The lowest BCUT2D eigenvalue weighted by Gasteiger charge is -2.26. The summed E-state index contributed by atoms with van der Waals surface area (Å²) in [6.07, 6.45) is 3.75. The van der Waals surface area contributed by atoms with Crippen LogP contribution in [0.2, 0.25) is 0 Å². The summed E-state index contributed by atoms with van der Waals surface area (Å²) in [5.74, 6) is -2.21. The minimum atomic E-state index is -5.17. The monoisotopic (exact) mass is 697 g/mol. The number of amides is 2. The number of carbonyl (C=O) groups is 2. The van der Waals surface area contributed by atoms with E-state index in [2.05, 4.69) is 15.5 Å². The van der Waals surface area contributed by atoms with Crippen LogP contribution in [0.15, 0.2) is 103 Å². The van der Waals surface area contributed by atoms with Gasteiger partial charge in [-0.25, -0.2) is 4.39 Å². The largest absolute Gasteiger partial charge is 0.464 e. The number of hydrogen-bond acceptors (Lipinski definition) is 4. The zero-order valence-corrected chi connectivity index (χ0v) is 28.0. The normalized spacial score (nSPS) is 19.6. The van der Waals surface area contributed by atoms with Gasteiger partial charge in [0.1, 0.15) is 17.1 Å². The standard InChI is InChI=1S/C41H39F4N3O3/c42-34-16-17-35(46-39(49)32-22-29-13-14-30(32)21-29)38(37(34)41(43,44)45)47-40(50)33-23-31(15-18-36(33)51-20-19-26-11-12-26)48(24-27-7-3-1-4-8-27)25-28-9-5-2-6-10-28/h1-10,15-20,23,26,29-30,32H,11-14,21-22,24-25H2,(H,46,49)(H,47,50)/b20-19-. The summed E-state index contributed by atoms with van der Waals surface area (Å²) < 4.78 is 64.3. The van der Waals surface area contributed by atoms with Crippen molar-refractivity contribution >= 4 is 28.9 Å². The molecular weight excluding hydrogens is 658 g/mol. The van der Waals surface area contributed by atoms with Gasteiger partial charge < -0.3 is 20.3 Å². The van der Waals surface area contributed by atoms with Crippen molar-refractivity contribution in [3.63, 3.8) is 0 Å². The second-order valence-corrected chi connectivity index (χ2v) is 13.9. The summed E-state index contributed by atoms with van der Waals surface area (Å²) in [4.78, 5) is 29.6. The predicted octanol–water partition coefficient (Wildman–Crippen LogP) is 9.98. The van der Waals surface area contributed by atoms with Crippen molar-refractivity contribution in [3.8, 4) is 5.75 Å². The van der Waals surface area contributed by atoms with Crippen LogP contribution in [0, 0.1) is 29.5 Å². The Morgan fingerprint density at radius 2 is 1.51 bits per heavy atom. The van der Waals surface area contributed by atoms with E-state index in [0.29, 0.717) is 43.1 Å². The van der Waals surface area contributed by atoms with Crippen molar-refractivity contribution < 1.29 is 31.9 Å². The first kappa shape index (κ1) is 34.3. The molecule has 51 heavy (non-hydrogen) atoms. The Labute approximate surface area is 294 Å². The first-order valence-electron chi connectivity index (χ1n) is 17.4. The van der Waals surface area contributed by atoms with Crippen molar-refractivity contribution in [2.75, 3.05) is 15.5 Å². The first-order chi connectivity index (χ1) is 24.6. The molecule has 264 valence electrons. The average molecular weight is 698 g/mol. The molecule has 10 heteroatoms. The molecule has 0 aromatic heterocycles. The summed E-state index contributed by atoms with van der Waals surface area (Å²) in [6.45, 7) is 0.944. The molecule has 0 spiro atoms. The van der Waals surface area contributed by atoms with Crippen LogP contribution in [0.1, 0.15) is 65.6 Å². The van der Waals surface area contributed by atoms with Gasteiger partial charge in [-0.2, -0.15) is 13.2 Å². The third-order valence-corrected chi connectivity index (χ3v) is 10.2. The Hall–Kier alpha value is -5.12. The van der Waals surface area contributed by atoms with Crippen LogP contribution >= 0.6 is 0 Å². The minimum absolute atomic E-state index is 0.0539. The van der Waals surface area contributed by atoms with Crippen LogP contribution in [0.3, 0.4) is 0 Å². The van der Waals surface area contributed by atoms with E-state index >= 15 is 4.39 Å². The fraction of sp³-hybridized carbons (Fsp3) is 0.317. The minimum Gasteiger partial charge on any atom is -0.464 e. The SMILES string of the molecule is O=C(Nc1c(NC(=O)C2CC3CCC2C3)ccc(F)c1C(F)(F)F)c1cc(N(Cc2ccccc2)Cc2ccccc2)ccc1O/C=C\C1CC1. The Morgan fingerprint density at radius 1 is 0.824 bits per heavy atom. The van der Waals surface area contributed by atoms with E-state index in [1.165, 1.54) is 6.26 Å². The maximum Gasteiger partial charge on any atom is 0.421 e. The Kier molecular flexibility index (Phi) is 9.84. The molecule has 3 aliphatic carbocycles. The highest BCUT2D eigenvalue weighted by molar-refractivity contribution is 6.10. The molecule has 0 aliphatic heterocycles. The fourth-order valence-corrected chi connectivity index (χ4v) is 7.41. The Balaban J connectivity index is 1.25. The number of alkyl halides is 3. The molecule has 0 radical (unpaired) electrons. The lowest BCUT2D eigenvalue weighted by Crippen LogP contribution is -2.28. The van der Waals surface area contributed by atoms with Gasteiger partial charge in [0.2, 0.25) is 5.91 Å². The van der Waals surface area contributed by atoms with Gasteiger partial charge >= 0.3 is 6.18 Å². The summed E-state index contributed by atoms with van der Waals surface area (Å²) in [5, 5.41) is 4.97. The number of anilines is 3. The highest BCUT2D eigenvalue weighted by Crippen LogP contribution is 2.49. The van der Waals surface area contributed by atoms with Gasteiger partial charge in [-0.15, -0.1) is 0 Å². The second kappa shape index (κ2) is 14.6. The lowest BCUT2D eigenvalue weighted by atomic mass is 9.88. The number of nitrogens with one attached hydrogen (secondary N) is 2. The summed E-state index contributed by atoms with van der Waals surface area (Å²) in [5.41, 5.74) is -0.238. The number of allylic oxidation sites excluding steroid dienone is 1. The summed E-state index contributed by atoms with van der Waals surface area (Å²) >= 11 is 0. The molecule has 3 atom stereocenters. The van der Waals surface area contributed by atoms with E-state index in [-0.39, 0.29) is 28.8 Å². The highest BCUT2D eigenvalue weighted by Gasteiger charge is 2.44. The van der Waals surface area contributed by atoms with Crippen LogP contribution in [0.5, 0.6) is 5.75 Å². The van der Waals surface area contributed by atoms with E-state index in [9.17, 15) is 22.8 Å². The van der Waals surface area contributed by atoms with Crippen LogP contribution in [-0.2, 0) is 24.1 Å². The maximum atomic E-state index is 15.0. The number of halogens is 4. The van der Waals surface area contributed by atoms with E-state index < -0.39 is 35.1 Å². The van der Waals surface area contributed by atoms with Gasteiger partial charge in [-0.05, 0) is 97.4 Å². The number of rotatable bonds is 12. The molecule has 3 saturated carbocycles. The number of ether oxygens (including phenoxy) is 1. The zero-order chi connectivity index (χ0) is 35.5. The van der Waals surface area contributed by atoms with Gasteiger partial charge in [-0.1, -0.05) is 67.1 Å². The van der Waals surface area contributed by atoms with Gasteiger partial charge in [0.05, 0.1) is 23.2 Å². The summed E-state index contributed by atoms with van der Waals surface area (Å²) in [6, 6.07) is 26.2. The molecule has 3 unspecified atom stereocenters. The molecule has 4 aromatic carbocycles. The van der Waals surface area contributed by atoms with E-state index in [1.807, 2.05) is 66.7 Å².